The van der Waals surface area contributed by atoms with Gasteiger partial charge in [-0.05, 0) is 12.8 Å². The Morgan fingerprint density at radius 1 is 1.44 bits per heavy atom. The van der Waals surface area contributed by atoms with E-state index in [0.29, 0.717) is 19.0 Å². The van der Waals surface area contributed by atoms with Crippen molar-refractivity contribution in [2.45, 2.75) is 37.6 Å². The van der Waals surface area contributed by atoms with Gasteiger partial charge in [0.25, 0.3) is 0 Å². The zero-order valence-corrected chi connectivity index (χ0v) is 9.83. The molecule has 1 aliphatic heterocycles. The Morgan fingerprint density at radius 2 is 2.19 bits per heavy atom. The predicted octanol–water partition coefficient (Wildman–Crippen LogP) is 0.148. The summed E-state index contributed by atoms with van der Waals surface area (Å²) in [4.78, 5) is 0. The molecule has 0 aromatic carbocycles. The average molecular weight is 241 g/mol. The molecule has 2 N–H and O–H groups in total. The third kappa shape index (κ3) is 1.56. The summed E-state index contributed by atoms with van der Waals surface area (Å²) < 4.78 is 25.2. The number of rotatable bonds is 2. The third-order valence-corrected chi connectivity index (χ3v) is 4.86. The summed E-state index contributed by atoms with van der Waals surface area (Å²) in [5.41, 5.74) is 8.38. The number of sulfone groups is 1. The van der Waals surface area contributed by atoms with Crippen LogP contribution in [-0.4, -0.2) is 24.0 Å². The molecule has 6 heteroatoms. The van der Waals surface area contributed by atoms with E-state index in [0.717, 1.165) is 29.8 Å². The van der Waals surface area contributed by atoms with E-state index in [1.54, 1.807) is 0 Å². The Kier molecular flexibility index (Phi) is 2.12. The van der Waals surface area contributed by atoms with Crippen LogP contribution < -0.4 is 5.73 Å². The number of nitrogens with zero attached hydrogens (tertiary/aromatic N) is 2. The van der Waals surface area contributed by atoms with Crippen molar-refractivity contribution in [1.29, 1.82) is 0 Å². The van der Waals surface area contributed by atoms with Crippen LogP contribution in [-0.2, 0) is 28.6 Å². The molecular weight excluding hydrogens is 226 g/mol. The zero-order valence-electron chi connectivity index (χ0n) is 9.02. The van der Waals surface area contributed by atoms with Gasteiger partial charge < -0.3 is 5.73 Å². The fourth-order valence-electron chi connectivity index (χ4n) is 2.32. The number of hydrogen-bond donors (Lipinski definition) is 1. The van der Waals surface area contributed by atoms with Gasteiger partial charge in [-0.1, -0.05) is 0 Å². The van der Waals surface area contributed by atoms with Crippen molar-refractivity contribution in [2.24, 2.45) is 5.73 Å². The molecule has 16 heavy (non-hydrogen) atoms. The minimum absolute atomic E-state index is 0.127. The second-order valence-corrected chi connectivity index (χ2v) is 6.78. The SMILES string of the molecule is NCc1nn(C2CC2)c2c1CS(=O)(=O)CC2. The highest BCUT2D eigenvalue weighted by Gasteiger charge is 2.33. The molecule has 0 radical (unpaired) electrons. The van der Waals surface area contributed by atoms with Crippen molar-refractivity contribution < 1.29 is 8.42 Å². The van der Waals surface area contributed by atoms with E-state index in [1.807, 2.05) is 4.68 Å². The summed E-state index contributed by atoms with van der Waals surface area (Å²) in [6, 6.07) is 0.495. The summed E-state index contributed by atoms with van der Waals surface area (Å²) in [7, 11) is -2.93. The fraction of sp³-hybridized carbons (Fsp3) is 0.700. The third-order valence-electron chi connectivity index (χ3n) is 3.30. The summed E-state index contributed by atoms with van der Waals surface area (Å²) in [5, 5.41) is 4.47. The minimum atomic E-state index is -2.93. The molecule has 5 nitrogen and oxygen atoms in total. The summed E-state index contributed by atoms with van der Waals surface area (Å²) in [6.45, 7) is 0.331. The highest BCUT2D eigenvalue weighted by atomic mass is 32.2. The quantitative estimate of drug-likeness (QED) is 0.799. The topological polar surface area (TPSA) is 78.0 Å². The minimum Gasteiger partial charge on any atom is -0.325 e. The Balaban J connectivity index is 2.11. The van der Waals surface area contributed by atoms with Crippen LogP contribution in [0.25, 0.3) is 0 Å². The van der Waals surface area contributed by atoms with E-state index < -0.39 is 9.84 Å². The zero-order chi connectivity index (χ0) is 11.3. The molecule has 0 bridgehead atoms. The van der Waals surface area contributed by atoms with E-state index in [9.17, 15) is 8.42 Å². The van der Waals surface area contributed by atoms with Crippen LogP contribution >= 0.6 is 0 Å². The second kappa shape index (κ2) is 3.30. The maximum Gasteiger partial charge on any atom is 0.154 e. The van der Waals surface area contributed by atoms with Gasteiger partial charge in [0, 0.05) is 24.2 Å². The molecule has 2 heterocycles. The molecule has 1 fully saturated rings. The van der Waals surface area contributed by atoms with Crippen LogP contribution in [0.15, 0.2) is 0 Å². The molecule has 1 aliphatic carbocycles. The van der Waals surface area contributed by atoms with Crippen molar-refractivity contribution in [2.75, 3.05) is 5.75 Å². The molecule has 0 atom stereocenters. The predicted molar refractivity (Wildman–Crippen MR) is 59.6 cm³/mol. The van der Waals surface area contributed by atoms with Gasteiger partial charge in [0.05, 0.1) is 23.2 Å². The van der Waals surface area contributed by atoms with E-state index in [1.165, 1.54) is 0 Å². The lowest BCUT2D eigenvalue weighted by atomic mass is 10.1. The van der Waals surface area contributed by atoms with Gasteiger partial charge >= 0.3 is 0 Å². The number of aromatic nitrogens is 2. The normalized spacial score (nSPS) is 23.1. The fourth-order valence-corrected chi connectivity index (χ4v) is 3.74. The molecule has 0 unspecified atom stereocenters. The largest absolute Gasteiger partial charge is 0.325 e. The van der Waals surface area contributed by atoms with E-state index >= 15 is 0 Å². The molecule has 3 rings (SSSR count). The summed E-state index contributed by atoms with van der Waals surface area (Å²) in [5.74, 6) is 0.379. The van der Waals surface area contributed by atoms with Crippen molar-refractivity contribution in [3.05, 3.63) is 17.0 Å². The van der Waals surface area contributed by atoms with Crippen molar-refractivity contribution >= 4 is 9.84 Å². The Bertz CT molecular complexity index is 529. The Morgan fingerprint density at radius 3 is 2.81 bits per heavy atom. The lowest BCUT2D eigenvalue weighted by Crippen LogP contribution is -2.21. The van der Waals surface area contributed by atoms with Gasteiger partial charge in [0.2, 0.25) is 0 Å². The lowest BCUT2D eigenvalue weighted by Gasteiger charge is -2.14. The van der Waals surface area contributed by atoms with Gasteiger partial charge in [0.1, 0.15) is 0 Å². The molecule has 1 saturated carbocycles. The second-order valence-electron chi connectivity index (χ2n) is 4.59. The monoisotopic (exact) mass is 241 g/mol. The van der Waals surface area contributed by atoms with Gasteiger partial charge in [-0.2, -0.15) is 5.10 Å². The maximum atomic E-state index is 11.6. The van der Waals surface area contributed by atoms with E-state index in [-0.39, 0.29) is 11.5 Å². The lowest BCUT2D eigenvalue weighted by molar-refractivity contribution is 0.578. The number of fused-ring (bicyclic) bond motifs is 1. The first-order chi connectivity index (χ1) is 7.61. The van der Waals surface area contributed by atoms with Crippen molar-refractivity contribution in [1.82, 2.24) is 9.78 Å². The van der Waals surface area contributed by atoms with Crippen LogP contribution in [0.4, 0.5) is 0 Å². The van der Waals surface area contributed by atoms with E-state index in [4.69, 9.17) is 5.73 Å². The molecule has 0 saturated heterocycles. The molecule has 88 valence electrons. The highest BCUT2D eigenvalue weighted by Crippen LogP contribution is 2.38. The van der Waals surface area contributed by atoms with Crippen LogP contribution in [0, 0.1) is 0 Å². The first-order valence-electron chi connectivity index (χ1n) is 5.60. The van der Waals surface area contributed by atoms with Gasteiger partial charge in [-0.3, -0.25) is 4.68 Å². The highest BCUT2D eigenvalue weighted by molar-refractivity contribution is 7.90. The summed E-state index contributed by atoms with van der Waals surface area (Å²) in [6.07, 6.45) is 2.91. The molecule has 0 spiro atoms. The first-order valence-corrected chi connectivity index (χ1v) is 7.42. The molecule has 1 aromatic rings. The number of nitrogens with two attached hydrogens (primary N) is 1. The van der Waals surface area contributed by atoms with Crippen LogP contribution in [0.3, 0.4) is 0 Å². The molecule has 1 aromatic heterocycles. The van der Waals surface area contributed by atoms with Crippen LogP contribution in [0.5, 0.6) is 0 Å². The molecular formula is C10H15N3O2S. The van der Waals surface area contributed by atoms with Crippen LogP contribution in [0.1, 0.15) is 35.8 Å². The maximum absolute atomic E-state index is 11.6. The Labute approximate surface area is 94.5 Å². The first kappa shape index (κ1) is 10.3. The van der Waals surface area contributed by atoms with Crippen LogP contribution in [0.2, 0.25) is 0 Å². The van der Waals surface area contributed by atoms with Gasteiger partial charge in [0.15, 0.2) is 9.84 Å². The average Bonchev–Trinajstić information content (AvgIpc) is 3.00. The number of hydrogen-bond acceptors (Lipinski definition) is 4. The molecule has 0 amide bonds. The van der Waals surface area contributed by atoms with E-state index in [2.05, 4.69) is 5.10 Å². The van der Waals surface area contributed by atoms with Gasteiger partial charge in [-0.15, -0.1) is 0 Å². The van der Waals surface area contributed by atoms with Crippen molar-refractivity contribution in [3.63, 3.8) is 0 Å². The molecule has 2 aliphatic rings. The Hall–Kier alpha value is -0.880. The standard InChI is InChI=1S/C10H15N3O2S/c11-5-9-8-6-16(14,15)4-3-10(8)13(12-9)7-1-2-7/h7H,1-6,11H2. The van der Waals surface area contributed by atoms with Crippen molar-refractivity contribution in [3.8, 4) is 0 Å². The smallest absolute Gasteiger partial charge is 0.154 e. The van der Waals surface area contributed by atoms with Gasteiger partial charge in [-0.25, -0.2) is 8.42 Å². The summed E-state index contributed by atoms with van der Waals surface area (Å²) >= 11 is 0.